The number of carbonyl (C=O) groups is 1. The molecule has 0 bridgehead atoms. The molecule has 0 heterocycles. The molecular weight excluding hydrogens is 400 g/mol. The Bertz CT molecular complexity index is 979. The summed E-state index contributed by atoms with van der Waals surface area (Å²) in [6.07, 6.45) is 0. The van der Waals surface area contributed by atoms with Crippen LogP contribution >= 0.6 is 11.6 Å². The van der Waals surface area contributed by atoms with Crippen LogP contribution in [0.3, 0.4) is 0 Å². The van der Waals surface area contributed by atoms with Crippen molar-refractivity contribution in [3.05, 3.63) is 64.7 Å². The largest absolute Gasteiger partial charge is 0.272 e. The molecule has 0 aliphatic heterocycles. The van der Waals surface area contributed by atoms with Crippen LogP contribution in [-0.4, -0.2) is 37.9 Å². The van der Waals surface area contributed by atoms with Crippen LogP contribution in [0.4, 0.5) is 8.78 Å². The van der Waals surface area contributed by atoms with Gasteiger partial charge in [0.25, 0.3) is 5.91 Å². The predicted molar refractivity (Wildman–Crippen MR) is 98.0 cm³/mol. The molecule has 1 N–H and O–H groups in total. The molecule has 0 aromatic heterocycles. The van der Waals surface area contributed by atoms with Gasteiger partial charge < -0.3 is 0 Å². The molecule has 0 radical (unpaired) electrons. The molecular formula is C17H16ClF2N3O3S. The number of nitrogens with one attached hydrogen (secondary N) is 1. The molecule has 0 aliphatic carbocycles. The molecule has 0 atom stereocenters. The highest BCUT2D eigenvalue weighted by atomic mass is 35.5. The van der Waals surface area contributed by atoms with Crippen LogP contribution in [0.1, 0.15) is 12.5 Å². The molecule has 144 valence electrons. The van der Waals surface area contributed by atoms with Crippen molar-refractivity contribution >= 4 is 33.2 Å². The molecule has 0 saturated carbocycles. The quantitative estimate of drug-likeness (QED) is 0.582. The lowest BCUT2D eigenvalue weighted by Gasteiger charge is -2.16. The molecule has 0 unspecified atom stereocenters. The second-order valence-corrected chi connectivity index (χ2v) is 8.05. The highest BCUT2D eigenvalue weighted by Crippen LogP contribution is 2.17. The number of hydrazone groups is 1. The van der Waals surface area contributed by atoms with Gasteiger partial charge in [0.2, 0.25) is 10.0 Å². The van der Waals surface area contributed by atoms with E-state index in [1.807, 2.05) is 0 Å². The van der Waals surface area contributed by atoms with Crippen molar-refractivity contribution < 1.29 is 22.0 Å². The zero-order valence-electron chi connectivity index (χ0n) is 14.4. The minimum Gasteiger partial charge on any atom is -0.272 e. The monoisotopic (exact) mass is 415 g/mol. The molecule has 2 aromatic rings. The first-order valence-electron chi connectivity index (χ1n) is 7.61. The Morgan fingerprint density at radius 1 is 1.19 bits per heavy atom. The third kappa shape index (κ3) is 5.31. The van der Waals surface area contributed by atoms with Gasteiger partial charge in [-0.05, 0) is 49.4 Å². The van der Waals surface area contributed by atoms with Gasteiger partial charge in [0.1, 0.15) is 11.6 Å². The van der Waals surface area contributed by atoms with Gasteiger partial charge in [-0.3, -0.25) is 4.79 Å². The van der Waals surface area contributed by atoms with Crippen molar-refractivity contribution in [3.8, 4) is 0 Å². The topological polar surface area (TPSA) is 78.8 Å². The van der Waals surface area contributed by atoms with Gasteiger partial charge in [-0.25, -0.2) is 22.6 Å². The fraction of sp³-hybridized carbons (Fsp3) is 0.176. The fourth-order valence-corrected chi connectivity index (χ4v) is 3.34. The number of halogens is 3. The minimum absolute atomic E-state index is 0.0243. The molecule has 0 spiro atoms. The lowest BCUT2D eigenvalue weighted by molar-refractivity contribution is -0.121. The van der Waals surface area contributed by atoms with E-state index in [2.05, 4.69) is 10.5 Å². The Morgan fingerprint density at radius 3 is 2.44 bits per heavy atom. The Labute approximate surface area is 160 Å². The minimum atomic E-state index is -3.90. The first kappa shape index (κ1) is 20.9. The van der Waals surface area contributed by atoms with Crippen LogP contribution in [-0.2, 0) is 14.8 Å². The van der Waals surface area contributed by atoms with Gasteiger partial charge in [-0.1, -0.05) is 11.6 Å². The third-order valence-corrected chi connectivity index (χ3v) is 5.62. The highest BCUT2D eigenvalue weighted by molar-refractivity contribution is 7.89. The molecule has 1 amide bonds. The number of hydrogen-bond acceptors (Lipinski definition) is 4. The number of hydrogen-bond donors (Lipinski definition) is 1. The standard InChI is InChI=1S/C17H16ClF2N3O3S/c1-11(15-9-13(19)5-8-16(15)20)21-22-17(24)10-23(2)27(25,26)14-6-3-12(18)4-7-14/h3-9H,10H2,1-2H3,(H,22,24)/b21-11-. The average molecular weight is 416 g/mol. The van der Waals surface area contributed by atoms with E-state index in [1.54, 1.807) is 0 Å². The number of benzene rings is 2. The lowest BCUT2D eigenvalue weighted by Crippen LogP contribution is -2.37. The van der Waals surface area contributed by atoms with E-state index in [4.69, 9.17) is 11.6 Å². The Balaban J connectivity index is 2.06. The van der Waals surface area contributed by atoms with Crippen molar-refractivity contribution in [3.63, 3.8) is 0 Å². The number of nitrogens with zero attached hydrogens (tertiary/aromatic N) is 2. The van der Waals surface area contributed by atoms with Crippen molar-refractivity contribution in [2.75, 3.05) is 13.6 Å². The first-order chi connectivity index (χ1) is 12.6. The van der Waals surface area contributed by atoms with Gasteiger partial charge in [0, 0.05) is 17.6 Å². The van der Waals surface area contributed by atoms with E-state index in [0.717, 1.165) is 22.5 Å². The number of amides is 1. The maximum atomic E-state index is 13.7. The van der Waals surface area contributed by atoms with Gasteiger partial charge >= 0.3 is 0 Å². The number of sulfonamides is 1. The molecule has 2 rings (SSSR count). The lowest BCUT2D eigenvalue weighted by atomic mass is 10.1. The van der Waals surface area contributed by atoms with Gasteiger partial charge in [0.15, 0.2) is 0 Å². The van der Waals surface area contributed by atoms with Crippen LogP contribution < -0.4 is 5.43 Å². The van der Waals surface area contributed by atoms with Crippen LogP contribution in [0, 0.1) is 11.6 Å². The summed E-state index contributed by atoms with van der Waals surface area (Å²) in [7, 11) is -2.67. The molecule has 27 heavy (non-hydrogen) atoms. The fourth-order valence-electron chi connectivity index (χ4n) is 2.09. The summed E-state index contributed by atoms with van der Waals surface area (Å²) in [6, 6.07) is 8.33. The number of likely N-dealkylation sites (N-methyl/N-ethyl adjacent to an activating group) is 1. The summed E-state index contributed by atoms with van der Waals surface area (Å²) in [5.41, 5.74) is 2.04. The van der Waals surface area contributed by atoms with E-state index in [-0.39, 0.29) is 16.2 Å². The Hall–Kier alpha value is -2.36. The Kier molecular flexibility index (Phi) is 6.63. The maximum absolute atomic E-state index is 13.7. The molecule has 6 nitrogen and oxygen atoms in total. The average Bonchev–Trinajstić information content (AvgIpc) is 2.62. The van der Waals surface area contributed by atoms with Crippen LogP contribution in [0.25, 0.3) is 0 Å². The van der Waals surface area contributed by atoms with Crippen molar-refractivity contribution in [2.45, 2.75) is 11.8 Å². The predicted octanol–water partition coefficient (Wildman–Crippen LogP) is 2.78. The molecule has 2 aromatic carbocycles. The van der Waals surface area contributed by atoms with Crippen LogP contribution in [0.15, 0.2) is 52.5 Å². The summed E-state index contributed by atoms with van der Waals surface area (Å²) in [5, 5.41) is 4.07. The van der Waals surface area contributed by atoms with Crippen molar-refractivity contribution in [2.24, 2.45) is 5.10 Å². The van der Waals surface area contributed by atoms with E-state index in [0.29, 0.717) is 5.02 Å². The molecule has 0 aliphatic rings. The SMILES string of the molecule is C/C(=N/NC(=O)CN(C)S(=O)(=O)c1ccc(Cl)cc1)c1cc(F)ccc1F. The number of carbonyl (C=O) groups excluding carboxylic acids is 1. The van der Waals surface area contributed by atoms with Crippen LogP contribution in [0.2, 0.25) is 5.02 Å². The maximum Gasteiger partial charge on any atom is 0.255 e. The zero-order valence-corrected chi connectivity index (χ0v) is 16.0. The van der Waals surface area contributed by atoms with E-state index < -0.39 is 34.1 Å². The Morgan fingerprint density at radius 2 is 1.81 bits per heavy atom. The smallest absolute Gasteiger partial charge is 0.255 e. The van der Waals surface area contributed by atoms with Crippen LogP contribution in [0.5, 0.6) is 0 Å². The normalized spacial score (nSPS) is 12.3. The van der Waals surface area contributed by atoms with Crippen molar-refractivity contribution in [1.82, 2.24) is 9.73 Å². The molecule has 10 heteroatoms. The zero-order chi connectivity index (χ0) is 20.2. The second-order valence-electron chi connectivity index (χ2n) is 5.57. The van der Waals surface area contributed by atoms with Gasteiger partial charge in [-0.15, -0.1) is 0 Å². The van der Waals surface area contributed by atoms with Gasteiger partial charge in [-0.2, -0.15) is 9.41 Å². The third-order valence-electron chi connectivity index (χ3n) is 3.55. The van der Waals surface area contributed by atoms with E-state index >= 15 is 0 Å². The second kappa shape index (κ2) is 8.55. The molecule has 0 saturated heterocycles. The summed E-state index contributed by atoms with van der Waals surface area (Å²) >= 11 is 5.73. The van der Waals surface area contributed by atoms with Gasteiger partial charge in [0.05, 0.1) is 17.2 Å². The van der Waals surface area contributed by atoms with E-state index in [1.165, 1.54) is 38.2 Å². The summed E-state index contributed by atoms with van der Waals surface area (Å²) < 4.78 is 52.5. The highest BCUT2D eigenvalue weighted by Gasteiger charge is 2.22. The number of rotatable bonds is 6. The van der Waals surface area contributed by atoms with Crippen molar-refractivity contribution in [1.29, 1.82) is 0 Å². The molecule has 0 fully saturated rings. The summed E-state index contributed by atoms with van der Waals surface area (Å²) in [6.45, 7) is 0.861. The summed E-state index contributed by atoms with van der Waals surface area (Å²) in [5.74, 6) is -2.10. The first-order valence-corrected chi connectivity index (χ1v) is 9.43. The van der Waals surface area contributed by atoms with E-state index in [9.17, 15) is 22.0 Å². The summed E-state index contributed by atoms with van der Waals surface area (Å²) in [4.78, 5) is 11.9.